The van der Waals surface area contributed by atoms with E-state index in [1.54, 1.807) is 24.6 Å². The van der Waals surface area contributed by atoms with E-state index in [2.05, 4.69) is 20.9 Å². The predicted octanol–water partition coefficient (Wildman–Crippen LogP) is 4.31. The maximum Gasteiger partial charge on any atom is 0.427 e. The highest BCUT2D eigenvalue weighted by Crippen LogP contribution is 2.36. The Hall–Kier alpha value is -1.89. The van der Waals surface area contributed by atoms with Crippen molar-refractivity contribution in [3.63, 3.8) is 0 Å². The van der Waals surface area contributed by atoms with Gasteiger partial charge in [-0.05, 0) is 39.6 Å². The molecule has 0 aliphatic carbocycles. The standard InChI is InChI=1S/C14H16BrN3O3/c1-8(2)11-7-10(15)5-6-12(11)21-14-13(18(19)20)16-9(3)17(14)4/h5-8H,1-4H3. The highest BCUT2D eigenvalue weighted by Gasteiger charge is 2.26. The van der Waals surface area contributed by atoms with E-state index < -0.39 is 4.92 Å². The zero-order valence-electron chi connectivity index (χ0n) is 12.3. The number of rotatable bonds is 4. The Bertz CT molecular complexity index is 695. The molecule has 0 aliphatic rings. The van der Waals surface area contributed by atoms with Gasteiger partial charge in [0.05, 0.1) is 0 Å². The van der Waals surface area contributed by atoms with Crippen LogP contribution in [0, 0.1) is 17.0 Å². The van der Waals surface area contributed by atoms with Gasteiger partial charge in [-0.25, -0.2) is 0 Å². The third kappa shape index (κ3) is 3.07. The minimum absolute atomic E-state index is 0.140. The van der Waals surface area contributed by atoms with Crippen LogP contribution in [0.2, 0.25) is 0 Å². The molecule has 0 unspecified atom stereocenters. The van der Waals surface area contributed by atoms with Crippen LogP contribution in [-0.4, -0.2) is 14.5 Å². The molecule has 0 atom stereocenters. The number of aryl methyl sites for hydroxylation is 1. The number of hydrogen-bond acceptors (Lipinski definition) is 4. The molecular weight excluding hydrogens is 338 g/mol. The van der Waals surface area contributed by atoms with Crippen LogP contribution in [0.25, 0.3) is 0 Å². The van der Waals surface area contributed by atoms with Gasteiger partial charge in [-0.15, -0.1) is 0 Å². The van der Waals surface area contributed by atoms with Gasteiger partial charge in [0.2, 0.25) is 5.82 Å². The average Bonchev–Trinajstić information content (AvgIpc) is 2.69. The molecule has 21 heavy (non-hydrogen) atoms. The van der Waals surface area contributed by atoms with Crippen molar-refractivity contribution in [3.8, 4) is 11.6 Å². The molecule has 0 bridgehead atoms. The van der Waals surface area contributed by atoms with Crippen molar-refractivity contribution >= 4 is 21.7 Å². The summed E-state index contributed by atoms with van der Waals surface area (Å²) in [6.45, 7) is 5.78. The van der Waals surface area contributed by atoms with Gasteiger partial charge in [0, 0.05) is 18.4 Å². The van der Waals surface area contributed by atoms with Gasteiger partial charge in [0.15, 0.2) is 0 Å². The molecule has 0 radical (unpaired) electrons. The summed E-state index contributed by atoms with van der Waals surface area (Å²) in [6.07, 6.45) is 0. The molecule has 0 saturated carbocycles. The van der Waals surface area contributed by atoms with Crippen LogP contribution in [0.4, 0.5) is 5.82 Å². The van der Waals surface area contributed by atoms with E-state index in [1.165, 1.54) is 0 Å². The summed E-state index contributed by atoms with van der Waals surface area (Å²) in [4.78, 5) is 14.5. The van der Waals surface area contributed by atoms with Crippen molar-refractivity contribution in [2.75, 3.05) is 0 Å². The second-order valence-electron chi connectivity index (χ2n) is 5.04. The van der Waals surface area contributed by atoms with Crippen molar-refractivity contribution in [2.45, 2.75) is 26.7 Å². The highest BCUT2D eigenvalue weighted by molar-refractivity contribution is 9.10. The fourth-order valence-electron chi connectivity index (χ4n) is 1.97. The predicted molar refractivity (Wildman–Crippen MR) is 82.9 cm³/mol. The van der Waals surface area contributed by atoms with Gasteiger partial charge in [-0.2, -0.15) is 0 Å². The molecule has 0 aliphatic heterocycles. The van der Waals surface area contributed by atoms with E-state index in [0.29, 0.717) is 11.6 Å². The van der Waals surface area contributed by atoms with Crippen LogP contribution in [0.5, 0.6) is 11.6 Å². The highest BCUT2D eigenvalue weighted by atomic mass is 79.9. The first-order valence-electron chi connectivity index (χ1n) is 6.46. The summed E-state index contributed by atoms with van der Waals surface area (Å²) in [5, 5.41) is 11.1. The van der Waals surface area contributed by atoms with Crippen LogP contribution >= 0.6 is 15.9 Å². The SMILES string of the molecule is Cc1nc([N+](=O)[O-])c(Oc2ccc(Br)cc2C(C)C)n1C. The Kier molecular flexibility index (Phi) is 4.32. The molecule has 6 nitrogen and oxygen atoms in total. The zero-order chi connectivity index (χ0) is 15.7. The van der Waals surface area contributed by atoms with Gasteiger partial charge < -0.3 is 14.9 Å². The molecule has 2 rings (SSSR count). The molecule has 1 aromatic carbocycles. The normalized spacial score (nSPS) is 11.0. The summed E-state index contributed by atoms with van der Waals surface area (Å²) in [5.74, 6) is 1.22. The lowest BCUT2D eigenvalue weighted by molar-refractivity contribution is -0.390. The van der Waals surface area contributed by atoms with E-state index in [4.69, 9.17) is 4.74 Å². The Morgan fingerprint density at radius 1 is 1.43 bits per heavy atom. The largest absolute Gasteiger partial charge is 0.433 e. The molecule has 7 heteroatoms. The molecule has 0 N–H and O–H groups in total. The number of imidazole rings is 1. The maximum atomic E-state index is 11.1. The lowest BCUT2D eigenvalue weighted by Crippen LogP contribution is -2.00. The molecule has 1 aromatic heterocycles. The summed E-state index contributed by atoms with van der Waals surface area (Å²) >= 11 is 3.42. The molecular formula is C14H16BrN3O3. The third-order valence-corrected chi connectivity index (χ3v) is 3.72. The van der Waals surface area contributed by atoms with Crippen LogP contribution in [0.1, 0.15) is 31.2 Å². The van der Waals surface area contributed by atoms with Crippen LogP contribution in [0.3, 0.4) is 0 Å². The zero-order valence-corrected chi connectivity index (χ0v) is 13.8. The number of ether oxygens (including phenoxy) is 1. The van der Waals surface area contributed by atoms with Gasteiger partial charge in [-0.3, -0.25) is 4.57 Å². The molecule has 1 heterocycles. The van der Waals surface area contributed by atoms with Crippen molar-refractivity contribution in [2.24, 2.45) is 7.05 Å². The van der Waals surface area contributed by atoms with E-state index in [1.807, 2.05) is 26.0 Å². The van der Waals surface area contributed by atoms with E-state index in [-0.39, 0.29) is 17.6 Å². The van der Waals surface area contributed by atoms with Crippen LogP contribution in [-0.2, 0) is 7.05 Å². The number of benzene rings is 1. The van der Waals surface area contributed by atoms with Crippen molar-refractivity contribution in [1.82, 2.24) is 9.55 Å². The molecule has 0 amide bonds. The summed E-state index contributed by atoms with van der Waals surface area (Å²) < 4.78 is 8.32. The summed E-state index contributed by atoms with van der Waals surface area (Å²) in [7, 11) is 1.69. The second kappa shape index (κ2) is 5.85. The van der Waals surface area contributed by atoms with Gasteiger partial charge >= 0.3 is 11.7 Å². The first kappa shape index (κ1) is 15.5. The van der Waals surface area contributed by atoms with Crippen molar-refractivity contribution in [1.29, 1.82) is 0 Å². The lowest BCUT2D eigenvalue weighted by Gasteiger charge is -2.14. The fourth-order valence-corrected chi connectivity index (χ4v) is 2.35. The monoisotopic (exact) mass is 353 g/mol. The number of aromatic nitrogens is 2. The lowest BCUT2D eigenvalue weighted by atomic mass is 10.0. The number of nitrogens with zero attached hydrogens (tertiary/aromatic N) is 3. The molecule has 0 spiro atoms. The first-order valence-corrected chi connectivity index (χ1v) is 7.25. The topological polar surface area (TPSA) is 70.2 Å². The third-order valence-electron chi connectivity index (χ3n) is 3.22. The minimum Gasteiger partial charge on any atom is -0.433 e. The number of hydrogen-bond donors (Lipinski definition) is 0. The smallest absolute Gasteiger partial charge is 0.427 e. The fraction of sp³-hybridized carbons (Fsp3) is 0.357. The quantitative estimate of drug-likeness (QED) is 0.606. The van der Waals surface area contributed by atoms with E-state index in [9.17, 15) is 10.1 Å². The Morgan fingerprint density at radius 3 is 2.67 bits per heavy atom. The van der Waals surface area contributed by atoms with E-state index in [0.717, 1.165) is 10.0 Å². The first-order chi connectivity index (χ1) is 9.81. The number of halogens is 1. The molecule has 0 fully saturated rings. The van der Waals surface area contributed by atoms with Gasteiger partial charge in [0.1, 0.15) is 5.75 Å². The molecule has 2 aromatic rings. The van der Waals surface area contributed by atoms with Crippen molar-refractivity contribution < 1.29 is 9.66 Å². The van der Waals surface area contributed by atoms with Crippen LogP contribution < -0.4 is 4.74 Å². The van der Waals surface area contributed by atoms with Crippen molar-refractivity contribution in [3.05, 3.63) is 44.2 Å². The Balaban J connectivity index is 2.50. The minimum atomic E-state index is -0.532. The summed E-state index contributed by atoms with van der Waals surface area (Å²) in [6, 6.07) is 5.59. The maximum absolute atomic E-state index is 11.1. The Morgan fingerprint density at radius 2 is 2.10 bits per heavy atom. The molecule has 112 valence electrons. The van der Waals surface area contributed by atoms with Gasteiger partial charge in [-0.1, -0.05) is 29.8 Å². The Labute approximate surface area is 131 Å². The molecule has 0 saturated heterocycles. The summed E-state index contributed by atoms with van der Waals surface area (Å²) in [5.41, 5.74) is 0.970. The van der Waals surface area contributed by atoms with E-state index >= 15 is 0 Å². The van der Waals surface area contributed by atoms with Crippen LogP contribution in [0.15, 0.2) is 22.7 Å². The van der Waals surface area contributed by atoms with Gasteiger partial charge in [0.25, 0.3) is 0 Å². The second-order valence-corrected chi connectivity index (χ2v) is 5.96. The average molecular weight is 354 g/mol. The number of nitro groups is 1.